The third kappa shape index (κ3) is 6.72. The van der Waals surface area contributed by atoms with Crippen LogP contribution in [0.3, 0.4) is 0 Å². The lowest BCUT2D eigenvalue weighted by molar-refractivity contribution is -0.117. The number of hydrogen-bond donors (Lipinski definition) is 2. The molecule has 4 rings (SSSR count). The van der Waals surface area contributed by atoms with E-state index in [1.807, 2.05) is 38.3 Å². The summed E-state index contributed by atoms with van der Waals surface area (Å²) in [7, 11) is 0. The van der Waals surface area contributed by atoms with E-state index in [2.05, 4.69) is 51.5 Å². The number of morpholine rings is 1. The number of rotatable bonds is 6. The van der Waals surface area contributed by atoms with Gasteiger partial charge in [-0.15, -0.1) is 11.3 Å². The van der Waals surface area contributed by atoms with Crippen LogP contribution in [0.1, 0.15) is 57.6 Å². The van der Waals surface area contributed by atoms with Crippen molar-refractivity contribution in [1.82, 2.24) is 15.3 Å². The summed E-state index contributed by atoms with van der Waals surface area (Å²) in [6.07, 6.45) is 1.97. The number of carbonyl (C=O) groups excluding carboxylic acids is 2. The summed E-state index contributed by atoms with van der Waals surface area (Å²) in [5, 5.41) is 8.00. The summed E-state index contributed by atoms with van der Waals surface area (Å²) in [6.45, 7) is 13.6. The minimum Gasteiger partial charge on any atom is -0.372 e. The molecule has 196 valence electrons. The maximum Gasteiger partial charge on any atom is 0.252 e. The number of nitrogens with one attached hydrogen (secondary N) is 2. The van der Waals surface area contributed by atoms with Crippen LogP contribution >= 0.6 is 11.3 Å². The average molecular weight is 522 g/mol. The first-order chi connectivity index (χ1) is 17.5. The Morgan fingerprint density at radius 3 is 2.57 bits per heavy atom. The van der Waals surface area contributed by atoms with Crippen LogP contribution in [0.25, 0.3) is 11.3 Å². The van der Waals surface area contributed by atoms with Crippen molar-refractivity contribution in [2.45, 2.75) is 65.2 Å². The van der Waals surface area contributed by atoms with Gasteiger partial charge in [-0.2, -0.15) is 0 Å². The van der Waals surface area contributed by atoms with Gasteiger partial charge >= 0.3 is 0 Å². The van der Waals surface area contributed by atoms with Gasteiger partial charge in [-0.25, -0.2) is 4.98 Å². The lowest BCUT2D eigenvalue weighted by atomic mass is 9.91. The number of ether oxygens (including phenoxy) is 1. The second-order valence-electron chi connectivity index (χ2n) is 10.6. The van der Waals surface area contributed by atoms with Gasteiger partial charge in [0, 0.05) is 52.6 Å². The number of aromatic nitrogens is 2. The summed E-state index contributed by atoms with van der Waals surface area (Å²) in [5.74, 6) is -0.650. The van der Waals surface area contributed by atoms with Gasteiger partial charge in [0.05, 0.1) is 17.9 Å². The second-order valence-corrected chi connectivity index (χ2v) is 11.5. The Labute approximate surface area is 222 Å². The van der Waals surface area contributed by atoms with Crippen molar-refractivity contribution in [3.8, 4) is 11.3 Å². The van der Waals surface area contributed by atoms with Gasteiger partial charge in [0.2, 0.25) is 5.91 Å². The molecule has 9 heteroatoms. The number of pyridine rings is 1. The fraction of sp³-hybridized carbons (Fsp3) is 0.429. The van der Waals surface area contributed by atoms with Gasteiger partial charge in [0.25, 0.3) is 5.91 Å². The molecule has 1 saturated heterocycles. The number of benzene rings is 1. The zero-order valence-electron chi connectivity index (χ0n) is 22.2. The van der Waals surface area contributed by atoms with Crippen LogP contribution in [-0.2, 0) is 14.9 Å². The molecule has 0 saturated carbocycles. The van der Waals surface area contributed by atoms with E-state index in [9.17, 15) is 9.59 Å². The van der Waals surface area contributed by atoms with Gasteiger partial charge in [-0.05, 0) is 45.0 Å². The summed E-state index contributed by atoms with van der Waals surface area (Å²) >= 11 is 1.35. The molecule has 1 fully saturated rings. The highest BCUT2D eigenvalue weighted by Crippen LogP contribution is 2.29. The molecular weight excluding hydrogens is 486 g/mol. The molecule has 1 aliphatic rings. The maximum atomic E-state index is 12.8. The zero-order chi connectivity index (χ0) is 26.7. The Bertz CT molecular complexity index is 1260. The molecule has 2 aromatic heterocycles. The van der Waals surface area contributed by atoms with E-state index in [-0.39, 0.29) is 29.4 Å². The van der Waals surface area contributed by atoms with Gasteiger partial charge in [-0.3, -0.25) is 14.6 Å². The summed E-state index contributed by atoms with van der Waals surface area (Å²) in [4.78, 5) is 36.8. The van der Waals surface area contributed by atoms with Gasteiger partial charge < -0.3 is 20.3 Å². The topological polar surface area (TPSA) is 96.5 Å². The Kier molecular flexibility index (Phi) is 7.94. The molecule has 8 nitrogen and oxygen atoms in total. The molecule has 3 atom stereocenters. The predicted octanol–water partition coefficient (Wildman–Crippen LogP) is 4.87. The van der Waals surface area contributed by atoms with Crippen LogP contribution in [0.2, 0.25) is 0 Å². The largest absolute Gasteiger partial charge is 0.372 e. The van der Waals surface area contributed by atoms with E-state index in [0.29, 0.717) is 10.7 Å². The molecule has 0 unspecified atom stereocenters. The van der Waals surface area contributed by atoms with Crippen molar-refractivity contribution in [3.63, 3.8) is 0 Å². The number of anilines is 2. The molecule has 1 aromatic carbocycles. The third-order valence-electron chi connectivity index (χ3n) is 6.19. The van der Waals surface area contributed by atoms with Gasteiger partial charge in [0.15, 0.2) is 5.13 Å². The highest BCUT2D eigenvalue weighted by molar-refractivity contribution is 7.14. The van der Waals surface area contributed by atoms with E-state index in [1.165, 1.54) is 11.3 Å². The van der Waals surface area contributed by atoms with E-state index in [4.69, 9.17) is 4.74 Å². The maximum absolute atomic E-state index is 12.8. The highest BCUT2D eigenvalue weighted by atomic mass is 32.1. The van der Waals surface area contributed by atoms with E-state index < -0.39 is 6.04 Å². The van der Waals surface area contributed by atoms with Crippen LogP contribution < -0.4 is 15.5 Å². The molecule has 0 aliphatic carbocycles. The Morgan fingerprint density at radius 2 is 1.86 bits per heavy atom. The van der Waals surface area contributed by atoms with E-state index in [1.54, 1.807) is 25.3 Å². The average Bonchev–Trinajstić information content (AvgIpc) is 3.31. The second kappa shape index (κ2) is 11.0. The molecule has 2 amide bonds. The normalized spacial score (nSPS) is 18.8. The summed E-state index contributed by atoms with van der Waals surface area (Å²) in [6, 6.07) is 10.9. The molecule has 2 N–H and O–H groups in total. The van der Waals surface area contributed by atoms with Crippen molar-refractivity contribution in [1.29, 1.82) is 0 Å². The first-order valence-corrected chi connectivity index (χ1v) is 13.4. The van der Waals surface area contributed by atoms with Crippen LogP contribution in [0.15, 0.2) is 48.0 Å². The number of carbonyl (C=O) groups is 2. The minimum absolute atomic E-state index is 0.176. The molecule has 37 heavy (non-hydrogen) atoms. The van der Waals surface area contributed by atoms with Crippen LogP contribution in [-0.4, -0.2) is 53.1 Å². The molecule has 0 bridgehead atoms. The zero-order valence-corrected chi connectivity index (χ0v) is 23.1. The monoisotopic (exact) mass is 521 g/mol. The number of amides is 2. The third-order valence-corrected chi connectivity index (χ3v) is 6.95. The highest BCUT2D eigenvalue weighted by Gasteiger charge is 2.23. The van der Waals surface area contributed by atoms with Gasteiger partial charge in [0.1, 0.15) is 6.04 Å². The number of nitrogens with zero attached hydrogens (tertiary/aromatic N) is 3. The smallest absolute Gasteiger partial charge is 0.252 e. The molecular formula is C28H35N5O3S. The van der Waals surface area contributed by atoms with Gasteiger partial charge in [-0.1, -0.05) is 32.9 Å². The number of thiazole rings is 1. The molecule has 3 heterocycles. The molecule has 0 radical (unpaired) electrons. The lowest BCUT2D eigenvalue weighted by Crippen LogP contribution is -2.45. The van der Waals surface area contributed by atoms with Crippen molar-refractivity contribution >= 4 is 34.0 Å². The number of hydrogen-bond acceptors (Lipinski definition) is 7. The first kappa shape index (κ1) is 26.8. The summed E-state index contributed by atoms with van der Waals surface area (Å²) in [5.41, 5.74) is 4.00. The standard InChI is InChI=1S/C28H35N5O3S/c1-17-14-33(15-18(2)36-17)22-9-7-8-20(12-22)23-16-37-27(31-23)32-25(34)19(3)30-26(35)21-10-11-29-24(13-21)28(4,5)6/h7-13,16-19H,14-15H2,1-6H3,(H,30,35)(H,31,32,34)/t17-,18+,19-/m0/s1. The van der Waals surface area contributed by atoms with Crippen molar-refractivity contribution in [2.75, 3.05) is 23.3 Å². The minimum atomic E-state index is -0.736. The molecule has 0 spiro atoms. The predicted molar refractivity (Wildman–Crippen MR) is 148 cm³/mol. The van der Waals surface area contributed by atoms with Crippen LogP contribution in [0.4, 0.5) is 10.8 Å². The Morgan fingerprint density at radius 1 is 1.14 bits per heavy atom. The fourth-order valence-corrected chi connectivity index (χ4v) is 4.98. The Balaban J connectivity index is 1.39. The SMILES string of the molecule is C[C@@H]1CN(c2cccc(-c3csc(NC(=O)[C@H](C)NC(=O)c4ccnc(C(C)(C)C)c4)n3)c2)C[C@H](C)O1. The fourth-order valence-electron chi connectivity index (χ4n) is 4.26. The summed E-state index contributed by atoms with van der Waals surface area (Å²) < 4.78 is 5.86. The first-order valence-electron chi connectivity index (χ1n) is 12.5. The van der Waals surface area contributed by atoms with Crippen molar-refractivity contribution < 1.29 is 14.3 Å². The van der Waals surface area contributed by atoms with E-state index in [0.717, 1.165) is 35.7 Å². The van der Waals surface area contributed by atoms with Crippen molar-refractivity contribution in [3.05, 3.63) is 59.2 Å². The Hall–Kier alpha value is -3.30. The molecule has 1 aliphatic heterocycles. The molecule has 3 aromatic rings. The van der Waals surface area contributed by atoms with E-state index >= 15 is 0 Å². The quantitative estimate of drug-likeness (QED) is 0.480. The van der Waals surface area contributed by atoms with Crippen molar-refractivity contribution in [2.24, 2.45) is 0 Å². The lowest BCUT2D eigenvalue weighted by Gasteiger charge is -2.37. The van der Waals surface area contributed by atoms with Crippen LogP contribution in [0.5, 0.6) is 0 Å². The van der Waals surface area contributed by atoms with Crippen LogP contribution in [0, 0.1) is 0 Å².